The zero-order valence-corrected chi connectivity index (χ0v) is 11.3. The van der Waals surface area contributed by atoms with Crippen LogP contribution in [0.1, 0.15) is 63.8 Å². The van der Waals surface area contributed by atoms with Crippen molar-refractivity contribution in [3.63, 3.8) is 0 Å². The molecule has 1 aromatic heterocycles. The van der Waals surface area contributed by atoms with Crippen LogP contribution in [0.2, 0.25) is 5.15 Å². The molecule has 1 heterocycles. The Hall–Kier alpha value is -0.540. The van der Waals surface area contributed by atoms with Crippen LogP contribution in [0.3, 0.4) is 0 Å². The first-order chi connectivity index (χ1) is 7.56. The van der Waals surface area contributed by atoms with Crippen molar-refractivity contribution >= 4 is 11.6 Å². The van der Waals surface area contributed by atoms with Gasteiger partial charge in [-0.2, -0.15) is 5.10 Å². The highest BCUT2D eigenvalue weighted by atomic mass is 35.5. The lowest BCUT2D eigenvalue weighted by Crippen LogP contribution is -2.09. The van der Waals surface area contributed by atoms with E-state index in [0.717, 1.165) is 24.1 Å². The minimum Gasteiger partial charge on any atom is -0.391 e. The van der Waals surface area contributed by atoms with Gasteiger partial charge in [0.25, 0.3) is 0 Å². The maximum atomic E-state index is 9.35. The fourth-order valence-corrected chi connectivity index (χ4v) is 2.28. The molecule has 1 aromatic rings. The SMILES string of the molecule is CCC(CC)n1nc(C(C)C)c(CO)c1Cl. The van der Waals surface area contributed by atoms with E-state index in [9.17, 15) is 5.11 Å². The number of aromatic nitrogens is 2. The Bertz CT molecular complexity index is 343. The van der Waals surface area contributed by atoms with E-state index in [4.69, 9.17) is 11.6 Å². The van der Waals surface area contributed by atoms with Crippen LogP contribution >= 0.6 is 11.6 Å². The zero-order chi connectivity index (χ0) is 12.3. The summed E-state index contributed by atoms with van der Waals surface area (Å²) in [5.41, 5.74) is 1.70. The van der Waals surface area contributed by atoms with Crippen LogP contribution in [0.4, 0.5) is 0 Å². The molecule has 0 aromatic carbocycles. The van der Waals surface area contributed by atoms with E-state index in [0.29, 0.717) is 11.2 Å². The van der Waals surface area contributed by atoms with Crippen LogP contribution in [0.5, 0.6) is 0 Å². The van der Waals surface area contributed by atoms with Gasteiger partial charge in [0.1, 0.15) is 5.15 Å². The van der Waals surface area contributed by atoms with Crippen LogP contribution in [-0.4, -0.2) is 14.9 Å². The Balaban J connectivity index is 3.21. The molecule has 0 saturated carbocycles. The minimum atomic E-state index is -0.0352. The van der Waals surface area contributed by atoms with Crippen molar-refractivity contribution in [1.82, 2.24) is 9.78 Å². The second-order valence-corrected chi connectivity index (χ2v) is 4.74. The highest BCUT2D eigenvalue weighted by Crippen LogP contribution is 2.30. The van der Waals surface area contributed by atoms with E-state index < -0.39 is 0 Å². The fourth-order valence-electron chi connectivity index (χ4n) is 1.95. The first-order valence-corrected chi connectivity index (χ1v) is 6.32. The first kappa shape index (κ1) is 13.5. The van der Waals surface area contributed by atoms with Gasteiger partial charge in [0.15, 0.2) is 0 Å². The van der Waals surface area contributed by atoms with Gasteiger partial charge in [0, 0.05) is 5.56 Å². The van der Waals surface area contributed by atoms with Crippen molar-refractivity contribution in [3.8, 4) is 0 Å². The molecule has 0 atom stereocenters. The van der Waals surface area contributed by atoms with Gasteiger partial charge in [-0.1, -0.05) is 39.3 Å². The predicted molar refractivity (Wildman–Crippen MR) is 66.9 cm³/mol. The maximum Gasteiger partial charge on any atom is 0.133 e. The molecule has 16 heavy (non-hydrogen) atoms. The van der Waals surface area contributed by atoms with E-state index in [1.807, 2.05) is 4.68 Å². The maximum absolute atomic E-state index is 9.35. The number of aliphatic hydroxyl groups excluding tert-OH is 1. The minimum absolute atomic E-state index is 0.0352. The second-order valence-electron chi connectivity index (χ2n) is 4.38. The van der Waals surface area contributed by atoms with E-state index in [2.05, 4.69) is 32.8 Å². The van der Waals surface area contributed by atoms with Gasteiger partial charge in [-0.3, -0.25) is 4.68 Å². The average molecular weight is 245 g/mol. The van der Waals surface area contributed by atoms with Gasteiger partial charge in [0.2, 0.25) is 0 Å². The van der Waals surface area contributed by atoms with E-state index in [-0.39, 0.29) is 12.5 Å². The summed E-state index contributed by atoms with van der Waals surface area (Å²) < 4.78 is 1.86. The van der Waals surface area contributed by atoms with Crippen LogP contribution in [-0.2, 0) is 6.61 Å². The smallest absolute Gasteiger partial charge is 0.133 e. The molecule has 0 aliphatic heterocycles. The molecule has 4 heteroatoms. The third kappa shape index (κ3) is 2.41. The normalized spacial score (nSPS) is 11.8. The molecule has 1 rings (SSSR count). The van der Waals surface area contributed by atoms with Crippen molar-refractivity contribution in [2.75, 3.05) is 0 Å². The van der Waals surface area contributed by atoms with Gasteiger partial charge in [-0.15, -0.1) is 0 Å². The Morgan fingerprint density at radius 1 is 1.31 bits per heavy atom. The number of aliphatic hydroxyl groups is 1. The van der Waals surface area contributed by atoms with E-state index >= 15 is 0 Å². The summed E-state index contributed by atoms with van der Waals surface area (Å²) in [6.45, 7) is 8.34. The summed E-state index contributed by atoms with van der Waals surface area (Å²) in [6, 6.07) is 0.324. The third-order valence-electron chi connectivity index (χ3n) is 2.97. The predicted octanol–water partition coefficient (Wildman–Crippen LogP) is 3.51. The third-order valence-corrected chi connectivity index (χ3v) is 3.37. The Morgan fingerprint density at radius 3 is 2.19 bits per heavy atom. The van der Waals surface area contributed by atoms with E-state index in [1.54, 1.807) is 0 Å². The van der Waals surface area contributed by atoms with Crippen molar-refractivity contribution in [3.05, 3.63) is 16.4 Å². The number of rotatable bonds is 5. The van der Waals surface area contributed by atoms with Gasteiger partial charge in [0.05, 0.1) is 18.3 Å². The summed E-state index contributed by atoms with van der Waals surface area (Å²) in [4.78, 5) is 0. The molecule has 0 spiro atoms. The van der Waals surface area contributed by atoms with Crippen LogP contribution in [0.25, 0.3) is 0 Å². The lowest BCUT2D eigenvalue weighted by molar-refractivity contribution is 0.280. The molecule has 0 saturated heterocycles. The number of nitrogens with zero attached hydrogens (tertiary/aromatic N) is 2. The molecule has 0 amide bonds. The Morgan fingerprint density at radius 2 is 1.88 bits per heavy atom. The molecule has 0 unspecified atom stereocenters. The molecular formula is C12H21ClN2O. The monoisotopic (exact) mass is 244 g/mol. The Labute approximate surface area is 102 Å². The lowest BCUT2D eigenvalue weighted by Gasteiger charge is -2.14. The van der Waals surface area contributed by atoms with Crippen LogP contribution in [0.15, 0.2) is 0 Å². The van der Waals surface area contributed by atoms with Crippen molar-refractivity contribution in [2.24, 2.45) is 0 Å². The summed E-state index contributed by atoms with van der Waals surface area (Å²) in [7, 11) is 0. The number of hydrogen-bond donors (Lipinski definition) is 1. The molecule has 0 fully saturated rings. The van der Waals surface area contributed by atoms with Gasteiger partial charge >= 0.3 is 0 Å². The molecule has 3 nitrogen and oxygen atoms in total. The standard InChI is InChI=1S/C12H21ClN2O/c1-5-9(6-2)15-12(13)10(7-16)11(14-15)8(3)4/h8-9,16H,5-7H2,1-4H3. The van der Waals surface area contributed by atoms with Crippen molar-refractivity contribution < 1.29 is 5.11 Å². The average Bonchev–Trinajstić information content (AvgIpc) is 2.58. The largest absolute Gasteiger partial charge is 0.391 e. The summed E-state index contributed by atoms with van der Waals surface area (Å²) >= 11 is 6.27. The molecule has 0 aliphatic carbocycles. The zero-order valence-electron chi connectivity index (χ0n) is 10.5. The Kier molecular flexibility index (Phi) is 4.81. The molecular weight excluding hydrogens is 224 g/mol. The molecule has 0 bridgehead atoms. The molecule has 0 radical (unpaired) electrons. The lowest BCUT2D eigenvalue weighted by atomic mass is 10.1. The molecule has 0 aliphatic rings. The summed E-state index contributed by atoms with van der Waals surface area (Å²) in [6.07, 6.45) is 2.00. The molecule has 1 N–H and O–H groups in total. The van der Waals surface area contributed by atoms with Crippen molar-refractivity contribution in [1.29, 1.82) is 0 Å². The fraction of sp³-hybridized carbons (Fsp3) is 0.750. The van der Waals surface area contributed by atoms with Crippen molar-refractivity contribution in [2.45, 2.75) is 59.1 Å². The first-order valence-electron chi connectivity index (χ1n) is 5.94. The topological polar surface area (TPSA) is 38.0 Å². The summed E-state index contributed by atoms with van der Waals surface area (Å²) in [5.74, 6) is 0.287. The molecule has 92 valence electrons. The number of halogens is 1. The number of hydrogen-bond acceptors (Lipinski definition) is 2. The van der Waals surface area contributed by atoms with Gasteiger partial charge < -0.3 is 5.11 Å². The van der Waals surface area contributed by atoms with Gasteiger partial charge in [-0.05, 0) is 18.8 Å². The van der Waals surface area contributed by atoms with Gasteiger partial charge in [-0.25, -0.2) is 0 Å². The second kappa shape index (κ2) is 5.69. The van der Waals surface area contributed by atoms with Crippen LogP contribution in [0, 0.1) is 0 Å². The van der Waals surface area contributed by atoms with Crippen LogP contribution < -0.4 is 0 Å². The summed E-state index contributed by atoms with van der Waals surface area (Å²) in [5, 5.41) is 14.5. The highest BCUT2D eigenvalue weighted by molar-refractivity contribution is 6.30. The highest BCUT2D eigenvalue weighted by Gasteiger charge is 2.21. The quantitative estimate of drug-likeness (QED) is 0.861. The van der Waals surface area contributed by atoms with E-state index in [1.165, 1.54) is 0 Å².